The third-order valence-corrected chi connectivity index (χ3v) is 5.69. The van der Waals surface area contributed by atoms with Gasteiger partial charge in [-0.1, -0.05) is 59.3 Å². The highest BCUT2D eigenvalue weighted by Gasteiger charge is 2.19. The van der Waals surface area contributed by atoms with Gasteiger partial charge in [0.2, 0.25) is 0 Å². The zero-order valence-electron chi connectivity index (χ0n) is 14.4. The minimum atomic E-state index is -0.389. The number of rotatable bonds is 5. The molecule has 0 spiro atoms. The molecular weight excluding hydrogens is 423 g/mol. The standard InChI is InChI=1S/C19H16Cl2N2O2S2/c1-2-25-18(24)16-9-12-15(4-3-5-17(12)27-19(22)26)23(16)10-11-6-7-13(20)14(21)8-11/h3-9H,2,10H2,1H3,(H2,22,26). The maximum atomic E-state index is 12.5. The summed E-state index contributed by atoms with van der Waals surface area (Å²) in [6.45, 7) is 2.51. The number of fused-ring (bicyclic) bond motifs is 1. The number of thioether (sulfide) groups is 1. The highest BCUT2D eigenvalue weighted by molar-refractivity contribution is 8.23. The number of nitrogens with two attached hydrogens (primary N) is 1. The summed E-state index contributed by atoms with van der Waals surface area (Å²) in [7, 11) is 0. The van der Waals surface area contributed by atoms with Crippen molar-refractivity contribution < 1.29 is 9.53 Å². The number of carbonyl (C=O) groups excluding carboxylic acids is 1. The lowest BCUT2D eigenvalue weighted by Crippen LogP contribution is -2.12. The Morgan fingerprint density at radius 2 is 2.00 bits per heavy atom. The number of esters is 1. The third-order valence-electron chi connectivity index (χ3n) is 3.93. The Hall–Kier alpha value is -1.73. The minimum absolute atomic E-state index is 0.293. The van der Waals surface area contributed by atoms with Crippen LogP contribution < -0.4 is 5.73 Å². The number of hydrogen-bond acceptors (Lipinski definition) is 4. The fourth-order valence-electron chi connectivity index (χ4n) is 2.82. The molecule has 4 nitrogen and oxygen atoms in total. The Labute approximate surface area is 176 Å². The van der Waals surface area contributed by atoms with Gasteiger partial charge in [-0.25, -0.2) is 4.79 Å². The van der Waals surface area contributed by atoms with E-state index in [1.165, 1.54) is 11.8 Å². The molecule has 0 saturated heterocycles. The van der Waals surface area contributed by atoms with E-state index in [-0.39, 0.29) is 5.97 Å². The van der Waals surface area contributed by atoms with Crippen molar-refractivity contribution in [1.29, 1.82) is 0 Å². The van der Waals surface area contributed by atoms with Crippen LogP contribution in [0.5, 0.6) is 0 Å². The second kappa shape index (κ2) is 8.52. The van der Waals surface area contributed by atoms with Gasteiger partial charge in [-0.3, -0.25) is 0 Å². The van der Waals surface area contributed by atoms with Gasteiger partial charge >= 0.3 is 5.97 Å². The van der Waals surface area contributed by atoms with E-state index in [0.717, 1.165) is 21.4 Å². The number of thiocarbonyl (C=S) groups is 1. The van der Waals surface area contributed by atoms with E-state index in [0.29, 0.717) is 33.2 Å². The van der Waals surface area contributed by atoms with Crippen LogP contribution in [0.25, 0.3) is 10.9 Å². The van der Waals surface area contributed by atoms with E-state index in [2.05, 4.69) is 0 Å². The van der Waals surface area contributed by atoms with Crippen molar-refractivity contribution in [3.05, 3.63) is 63.8 Å². The normalized spacial score (nSPS) is 10.9. The molecular formula is C19H16Cl2N2O2S2. The summed E-state index contributed by atoms with van der Waals surface area (Å²) in [6.07, 6.45) is 0. The summed E-state index contributed by atoms with van der Waals surface area (Å²) in [5.41, 5.74) is 7.94. The van der Waals surface area contributed by atoms with Gasteiger partial charge < -0.3 is 15.0 Å². The first-order valence-electron chi connectivity index (χ1n) is 8.11. The van der Waals surface area contributed by atoms with Crippen LogP contribution in [-0.2, 0) is 11.3 Å². The fourth-order valence-corrected chi connectivity index (χ4v) is 4.05. The molecule has 0 bridgehead atoms. The smallest absolute Gasteiger partial charge is 0.354 e. The molecule has 140 valence electrons. The number of hydrogen-bond donors (Lipinski definition) is 1. The maximum absolute atomic E-state index is 12.5. The molecule has 0 aliphatic carbocycles. The summed E-state index contributed by atoms with van der Waals surface area (Å²) < 4.78 is 7.45. The molecule has 0 atom stereocenters. The van der Waals surface area contributed by atoms with Crippen molar-refractivity contribution in [2.24, 2.45) is 5.73 Å². The van der Waals surface area contributed by atoms with Crippen LogP contribution in [0, 0.1) is 0 Å². The first-order chi connectivity index (χ1) is 12.9. The lowest BCUT2D eigenvalue weighted by Gasteiger charge is -2.11. The Bertz CT molecular complexity index is 1030. The second-order valence-electron chi connectivity index (χ2n) is 5.69. The lowest BCUT2D eigenvalue weighted by atomic mass is 10.2. The zero-order chi connectivity index (χ0) is 19.6. The molecule has 1 heterocycles. The maximum Gasteiger partial charge on any atom is 0.354 e. The first-order valence-corrected chi connectivity index (χ1v) is 10.1. The van der Waals surface area contributed by atoms with Crippen molar-refractivity contribution in [1.82, 2.24) is 4.57 Å². The molecule has 0 fully saturated rings. The summed E-state index contributed by atoms with van der Waals surface area (Å²) in [4.78, 5) is 13.4. The number of carbonyl (C=O) groups is 1. The monoisotopic (exact) mass is 438 g/mol. The van der Waals surface area contributed by atoms with Crippen LogP contribution in [0.4, 0.5) is 0 Å². The van der Waals surface area contributed by atoms with Crippen molar-refractivity contribution in [3.8, 4) is 0 Å². The van der Waals surface area contributed by atoms with Gasteiger partial charge in [-0.2, -0.15) is 0 Å². The van der Waals surface area contributed by atoms with Gasteiger partial charge in [-0.05, 0) is 42.8 Å². The van der Waals surface area contributed by atoms with E-state index in [9.17, 15) is 4.79 Å². The number of nitrogens with zero attached hydrogens (tertiary/aromatic N) is 1. The lowest BCUT2D eigenvalue weighted by molar-refractivity contribution is 0.0515. The van der Waals surface area contributed by atoms with Crippen LogP contribution in [0.2, 0.25) is 10.0 Å². The zero-order valence-corrected chi connectivity index (χ0v) is 17.5. The molecule has 3 aromatic rings. The van der Waals surface area contributed by atoms with E-state index < -0.39 is 0 Å². The van der Waals surface area contributed by atoms with Crippen molar-refractivity contribution in [3.63, 3.8) is 0 Å². The quantitative estimate of drug-likeness (QED) is 0.323. The molecule has 3 rings (SSSR count). The van der Waals surface area contributed by atoms with E-state index in [4.69, 9.17) is 45.9 Å². The average Bonchev–Trinajstić information content (AvgIpc) is 2.98. The third kappa shape index (κ3) is 4.41. The Morgan fingerprint density at radius 1 is 1.22 bits per heavy atom. The van der Waals surface area contributed by atoms with Crippen LogP contribution in [0.3, 0.4) is 0 Å². The number of benzene rings is 2. The summed E-state index contributed by atoms with van der Waals surface area (Å²) in [5.74, 6) is -0.389. The van der Waals surface area contributed by atoms with Crippen molar-refractivity contribution >= 4 is 68.4 Å². The number of halogens is 2. The number of aromatic nitrogens is 1. The van der Waals surface area contributed by atoms with Gasteiger partial charge in [0.1, 0.15) is 10.0 Å². The molecule has 2 N–H and O–H groups in total. The summed E-state index contributed by atoms with van der Waals surface area (Å²) in [5, 5.41) is 1.84. The van der Waals surface area contributed by atoms with Crippen molar-refractivity contribution in [2.75, 3.05) is 6.61 Å². The van der Waals surface area contributed by atoms with Gasteiger partial charge in [0, 0.05) is 16.8 Å². The Kier molecular flexibility index (Phi) is 6.32. The van der Waals surface area contributed by atoms with Crippen LogP contribution in [0.1, 0.15) is 23.0 Å². The van der Waals surface area contributed by atoms with E-state index in [1.807, 2.05) is 34.9 Å². The summed E-state index contributed by atoms with van der Waals surface area (Å²) >= 11 is 18.5. The Balaban J connectivity index is 2.15. The SMILES string of the molecule is CCOC(=O)c1cc2c(SC(N)=S)cccc2n1Cc1ccc(Cl)c(Cl)c1. The average molecular weight is 439 g/mol. The second-order valence-corrected chi connectivity index (χ2v) is 8.29. The van der Waals surface area contributed by atoms with E-state index in [1.54, 1.807) is 19.1 Å². The fraction of sp³-hybridized carbons (Fsp3) is 0.158. The molecule has 1 aromatic heterocycles. The minimum Gasteiger partial charge on any atom is -0.461 e. The molecule has 0 radical (unpaired) electrons. The summed E-state index contributed by atoms with van der Waals surface area (Å²) in [6, 6.07) is 13.0. The first kappa shape index (κ1) is 20.0. The molecule has 0 saturated carbocycles. The van der Waals surface area contributed by atoms with Crippen molar-refractivity contribution in [2.45, 2.75) is 18.4 Å². The predicted molar refractivity (Wildman–Crippen MR) is 116 cm³/mol. The molecule has 0 aliphatic heterocycles. The molecule has 27 heavy (non-hydrogen) atoms. The van der Waals surface area contributed by atoms with Crippen LogP contribution in [0.15, 0.2) is 47.4 Å². The van der Waals surface area contributed by atoms with Gasteiger partial charge in [0.05, 0.1) is 22.2 Å². The topological polar surface area (TPSA) is 57.2 Å². The van der Waals surface area contributed by atoms with Crippen LogP contribution >= 0.6 is 47.2 Å². The molecule has 8 heteroatoms. The van der Waals surface area contributed by atoms with Crippen LogP contribution in [-0.4, -0.2) is 21.5 Å². The van der Waals surface area contributed by atoms with Gasteiger partial charge in [-0.15, -0.1) is 0 Å². The van der Waals surface area contributed by atoms with E-state index >= 15 is 0 Å². The molecule has 2 aromatic carbocycles. The van der Waals surface area contributed by atoms with Gasteiger partial charge in [0.25, 0.3) is 0 Å². The largest absolute Gasteiger partial charge is 0.461 e. The highest BCUT2D eigenvalue weighted by atomic mass is 35.5. The molecule has 0 aliphatic rings. The van der Waals surface area contributed by atoms with Gasteiger partial charge in [0.15, 0.2) is 0 Å². The highest BCUT2D eigenvalue weighted by Crippen LogP contribution is 2.32. The predicted octanol–water partition coefficient (Wildman–Crippen LogP) is 5.51. The molecule has 0 amide bonds. The number of ether oxygens (including phenoxy) is 1. The Morgan fingerprint density at radius 3 is 2.67 bits per heavy atom. The molecule has 0 unspecified atom stereocenters.